The summed E-state index contributed by atoms with van der Waals surface area (Å²) in [7, 11) is 0. The van der Waals surface area contributed by atoms with Crippen LogP contribution in [0, 0.1) is 0 Å². The highest BCUT2D eigenvalue weighted by atomic mass is 16.6. The Morgan fingerprint density at radius 2 is 0.462 bits per heavy atom. The van der Waals surface area contributed by atoms with E-state index in [2.05, 4.69) is 81.5 Å². The van der Waals surface area contributed by atoms with Crippen LogP contribution < -0.4 is 0 Å². The highest BCUT2D eigenvalue weighted by Gasteiger charge is 2.19. The minimum Gasteiger partial charge on any atom is -0.462 e. The summed E-state index contributed by atoms with van der Waals surface area (Å²) in [6.07, 6.45) is 85.2. The van der Waals surface area contributed by atoms with Crippen LogP contribution in [0.25, 0.3) is 0 Å². The molecule has 0 aromatic carbocycles. The second-order valence-electron chi connectivity index (χ2n) is 23.1. The molecule has 0 rings (SSSR count). The standard InChI is InChI=1S/C72H130O6/c1-4-7-10-13-16-19-22-25-28-31-33-34-35-36-37-38-39-42-44-47-50-53-56-59-62-65-71(74)77-68-69(67-76-70(73)64-61-58-55-52-49-46-43-40-30-27-24-21-18-15-12-9-6-3)78-72(75)66-63-60-57-54-51-48-45-41-32-29-26-23-20-17-14-11-8-5-2/h18,20-21,23,27,29-33,69H,4-17,19,22,24-26,28,34-68H2,1-3H3/b21-18-,23-20-,30-27-,32-29-,33-31-. The van der Waals surface area contributed by atoms with Crippen LogP contribution in [0.5, 0.6) is 0 Å². The molecule has 0 amide bonds. The first kappa shape index (κ1) is 75.1. The predicted molar refractivity (Wildman–Crippen MR) is 339 cm³/mol. The van der Waals surface area contributed by atoms with E-state index in [1.54, 1.807) is 0 Å². The Hall–Kier alpha value is -2.89. The van der Waals surface area contributed by atoms with E-state index in [0.29, 0.717) is 19.3 Å². The molecule has 0 aliphatic rings. The maximum absolute atomic E-state index is 12.9. The van der Waals surface area contributed by atoms with Gasteiger partial charge in [0.2, 0.25) is 0 Å². The second-order valence-corrected chi connectivity index (χ2v) is 23.1. The minimum absolute atomic E-state index is 0.0778. The number of unbranched alkanes of at least 4 members (excludes halogenated alkanes) is 42. The molecule has 0 aromatic rings. The lowest BCUT2D eigenvalue weighted by Gasteiger charge is -2.18. The Bertz CT molecular complexity index is 1390. The van der Waals surface area contributed by atoms with Crippen LogP contribution in [0.1, 0.15) is 361 Å². The van der Waals surface area contributed by atoms with E-state index >= 15 is 0 Å². The maximum Gasteiger partial charge on any atom is 0.306 e. The zero-order valence-corrected chi connectivity index (χ0v) is 52.2. The summed E-state index contributed by atoms with van der Waals surface area (Å²) in [6, 6.07) is 0. The Balaban J connectivity index is 4.32. The third-order valence-electron chi connectivity index (χ3n) is 15.2. The Kier molecular flexibility index (Phi) is 64.2. The van der Waals surface area contributed by atoms with Crippen molar-refractivity contribution in [1.29, 1.82) is 0 Å². The molecule has 0 fully saturated rings. The van der Waals surface area contributed by atoms with Gasteiger partial charge in [-0.1, -0.05) is 293 Å². The molecule has 0 aliphatic heterocycles. The molecule has 0 heterocycles. The maximum atomic E-state index is 12.9. The number of hydrogen-bond donors (Lipinski definition) is 0. The van der Waals surface area contributed by atoms with Gasteiger partial charge in [-0.15, -0.1) is 0 Å². The molecule has 0 radical (unpaired) electrons. The van der Waals surface area contributed by atoms with Gasteiger partial charge in [-0.2, -0.15) is 0 Å². The van der Waals surface area contributed by atoms with Gasteiger partial charge in [0.25, 0.3) is 0 Å². The molecule has 1 unspecified atom stereocenters. The van der Waals surface area contributed by atoms with Crippen molar-refractivity contribution in [2.24, 2.45) is 0 Å². The molecule has 0 spiro atoms. The van der Waals surface area contributed by atoms with Gasteiger partial charge in [0, 0.05) is 19.3 Å². The first-order valence-corrected chi connectivity index (χ1v) is 34.3. The van der Waals surface area contributed by atoms with E-state index in [4.69, 9.17) is 14.2 Å². The van der Waals surface area contributed by atoms with Crippen LogP contribution in [0.4, 0.5) is 0 Å². The van der Waals surface area contributed by atoms with Crippen molar-refractivity contribution in [3.63, 3.8) is 0 Å². The van der Waals surface area contributed by atoms with Gasteiger partial charge in [-0.25, -0.2) is 0 Å². The average molecular weight is 1090 g/mol. The number of esters is 3. The Morgan fingerprint density at radius 1 is 0.256 bits per heavy atom. The molecule has 0 aromatic heterocycles. The second kappa shape index (κ2) is 66.6. The average Bonchev–Trinajstić information content (AvgIpc) is 3.44. The molecule has 78 heavy (non-hydrogen) atoms. The topological polar surface area (TPSA) is 78.9 Å². The van der Waals surface area contributed by atoms with Crippen LogP contribution in [0.2, 0.25) is 0 Å². The van der Waals surface area contributed by atoms with Crippen molar-refractivity contribution in [2.45, 2.75) is 367 Å². The van der Waals surface area contributed by atoms with Gasteiger partial charge in [0.05, 0.1) is 0 Å². The van der Waals surface area contributed by atoms with Crippen LogP contribution in [-0.4, -0.2) is 37.2 Å². The summed E-state index contributed by atoms with van der Waals surface area (Å²) >= 11 is 0. The molecule has 0 saturated carbocycles. The van der Waals surface area contributed by atoms with Crippen LogP contribution in [0.15, 0.2) is 60.8 Å². The summed E-state index contributed by atoms with van der Waals surface area (Å²) in [6.45, 7) is 6.64. The molecule has 0 saturated heterocycles. The molecule has 6 heteroatoms. The first-order valence-electron chi connectivity index (χ1n) is 34.3. The zero-order valence-electron chi connectivity index (χ0n) is 52.2. The van der Waals surface area contributed by atoms with Crippen LogP contribution in [-0.2, 0) is 28.6 Å². The van der Waals surface area contributed by atoms with Crippen LogP contribution in [0.3, 0.4) is 0 Å². The van der Waals surface area contributed by atoms with Crippen molar-refractivity contribution in [3.05, 3.63) is 60.8 Å². The third-order valence-corrected chi connectivity index (χ3v) is 15.2. The summed E-state index contributed by atoms with van der Waals surface area (Å²) in [4.78, 5) is 38.4. The summed E-state index contributed by atoms with van der Waals surface area (Å²) in [5.41, 5.74) is 0. The lowest BCUT2D eigenvalue weighted by Crippen LogP contribution is -2.30. The Labute approximate surface area is 485 Å². The monoisotopic (exact) mass is 1090 g/mol. The van der Waals surface area contributed by atoms with Gasteiger partial charge >= 0.3 is 17.9 Å². The summed E-state index contributed by atoms with van der Waals surface area (Å²) < 4.78 is 17.0. The Morgan fingerprint density at radius 3 is 0.756 bits per heavy atom. The highest BCUT2D eigenvalue weighted by molar-refractivity contribution is 5.71. The number of ether oxygens (including phenoxy) is 3. The van der Waals surface area contributed by atoms with Gasteiger partial charge in [-0.05, 0) is 109 Å². The fourth-order valence-corrected chi connectivity index (χ4v) is 10.0. The van der Waals surface area contributed by atoms with Crippen molar-refractivity contribution in [2.75, 3.05) is 13.2 Å². The summed E-state index contributed by atoms with van der Waals surface area (Å²) in [5.74, 6) is -0.873. The normalized spacial score (nSPS) is 12.4. The van der Waals surface area contributed by atoms with Gasteiger partial charge in [-0.3, -0.25) is 14.4 Å². The molecule has 454 valence electrons. The fraction of sp³-hybridized carbons (Fsp3) is 0.819. The quantitative estimate of drug-likeness (QED) is 0.0261. The van der Waals surface area contributed by atoms with Crippen molar-refractivity contribution < 1.29 is 28.6 Å². The number of carbonyl (C=O) groups excluding carboxylic acids is 3. The molecule has 0 N–H and O–H groups in total. The molecular weight excluding hydrogens is 961 g/mol. The van der Waals surface area contributed by atoms with Gasteiger partial charge < -0.3 is 14.2 Å². The van der Waals surface area contributed by atoms with E-state index < -0.39 is 6.10 Å². The van der Waals surface area contributed by atoms with E-state index in [0.717, 1.165) is 83.5 Å². The van der Waals surface area contributed by atoms with Crippen molar-refractivity contribution >= 4 is 17.9 Å². The first-order chi connectivity index (χ1) is 38.5. The zero-order chi connectivity index (χ0) is 56.4. The lowest BCUT2D eigenvalue weighted by atomic mass is 10.0. The van der Waals surface area contributed by atoms with Gasteiger partial charge in [0.15, 0.2) is 6.10 Å². The molecule has 6 nitrogen and oxygen atoms in total. The molecule has 1 atom stereocenters. The highest BCUT2D eigenvalue weighted by Crippen LogP contribution is 2.17. The number of allylic oxidation sites excluding steroid dienone is 10. The number of carbonyl (C=O) groups is 3. The van der Waals surface area contributed by atoms with Gasteiger partial charge in [0.1, 0.15) is 13.2 Å². The smallest absolute Gasteiger partial charge is 0.306 e. The molecule has 0 bridgehead atoms. The van der Waals surface area contributed by atoms with E-state index in [1.807, 2.05) is 0 Å². The number of hydrogen-bond acceptors (Lipinski definition) is 6. The fourth-order valence-electron chi connectivity index (χ4n) is 10.0. The lowest BCUT2D eigenvalue weighted by molar-refractivity contribution is -0.167. The molecule has 0 aliphatic carbocycles. The van der Waals surface area contributed by atoms with E-state index in [1.165, 1.54) is 238 Å². The minimum atomic E-state index is -0.783. The van der Waals surface area contributed by atoms with Crippen molar-refractivity contribution in [1.82, 2.24) is 0 Å². The third kappa shape index (κ3) is 63.9. The number of rotatable bonds is 63. The predicted octanol–water partition coefficient (Wildman–Crippen LogP) is 23.5. The largest absolute Gasteiger partial charge is 0.462 e. The van der Waals surface area contributed by atoms with E-state index in [9.17, 15) is 14.4 Å². The SMILES string of the molecule is CCCCC/C=C\C/C=C\CCCCCCCCCC(=O)OCC(COC(=O)CCCCCCCCCCCCCCC/C=C\CCCCCCCCCC)OC(=O)CCCCCCCCC/C=C\C/C=C\CCCCCC. The summed E-state index contributed by atoms with van der Waals surface area (Å²) in [5, 5.41) is 0. The molecular formula is C72H130O6. The van der Waals surface area contributed by atoms with Crippen molar-refractivity contribution in [3.8, 4) is 0 Å². The van der Waals surface area contributed by atoms with E-state index in [-0.39, 0.29) is 31.1 Å². The van der Waals surface area contributed by atoms with Crippen LogP contribution >= 0.6 is 0 Å².